The van der Waals surface area contributed by atoms with Crippen molar-refractivity contribution in [2.45, 2.75) is 44.9 Å². The third-order valence-electron chi connectivity index (χ3n) is 12.1. The zero-order valence-electron chi connectivity index (χ0n) is 39.3. The van der Waals surface area contributed by atoms with Gasteiger partial charge in [0.2, 0.25) is 0 Å². The summed E-state index contributed by atoms with van der Waals surface area (Å²) >= 11 is 1.69. The van der Waals surface area contributed by atoms with Gasteiger partial charge in [-0.2, -0.15) is 11.3 Å². The van der Waals surface area contributed by atoms with Gasteiger partial charge in [-0.25, -0.2) is 29.9 Å². The summed E-state index contributed by atoms with van der Waals surface area (Å²) in [6.07, 6.45) is 27.8. The van der Waals surface area contributed by atoms with Crippen molar-refractivity contribution >= 4 is 50.0 Å². The van der Waals surface area contributed by atoms with Crippen molar-refractivity contribution in [3.8, 4) is 22.5 Å². The first-order valence-electron chi connectivity index (χ1n) is 23.4. The number of benzene rings is 3. The molecule has 0 bridgehead atoms. The van der Waals surface area contributed by atoms with E-state index < -0.39 is 0 Å². The lowest BCUT2D eigenvalue weighted by atomic mass is 10.2. The molecule has 8 aromatic heterocycles. The number of aryl methyl sites for hydroxylation is 9. The molecule has 0 saturated carbocycles. The number of allylic oxidation sites excluding steroid dienone is 4. The molecule has 14 heteroatoms. The van der Waals surface area contributed by atoms with E-state index in [1.807, 2.05) is 118 Å². The van der Waals surface area contributed by atoms with Gasteiger partial charge >= 0.3 is 0 Å². The van der Waals surface area contributed by atoms with Crippen LogP contribution in [0.1, 0.15) is 46.7 Å². The highest BCUT2D eigenvalue weighted by atomic mass is 32.1. The Bertz CT molecular complexity index is 3590. The second-order valence-corrected chi connectivity index (χ2v) is 17.9. The number of pyridine rings is 1. The summed E-state index contributed by atoms with van der Waals surface area (Å²) in [7, 11) is 6.13. The van der Waals surface area contributed by atoms with Crippen LogP contribution in [0.15, 0.2) is 170 Å². The number of hydrogen-bond donors (Lipinski definition) is 0. The summed E-state index contributed by atoms with van der Waals surface area (Å²) < 4.78 is 6.29. The van der Waals surface area contributed by atoms with Crippen LogP contribution in [0.5, 0.6) is 0 Å². The molecular weight excluding hydrogens is 887 g/mol. The van der Waals surface area contributed by atoms with Crippen molar-refractivity contribution in [2.24, 2.45) is 21.1 Å². The molecule has 0 atom stereocenters. The zero-order chi connectivity index (χ0) is 47.7. The minimum atomic E-state index is 0.818. The molecule has 0 radical (unpaired) electrons. The van der Waals surface area contributed by atoms with E-state index in [0.717, 1.165) is 135 Å². The molecule has 1 aliphatic rings. The van der Waals surface area contributed by atoms with Crippen LogP contribution in [0, 0.1) is 0 Å². The minimum Gasteiger partial charge on any atom is -0.337 e. The first kappa shape index (κ1) is 45.4. The first-order chi connectivity index (χ1) is 34.4. The Morgan fingerprint density at radius 3 is 1.31 bits per heavy atom. The molecule has 1 aliphatic carbocycles. The van der Waals surface area contributed by atoms with Gasteiger partial charge in [0.1, 0.15) is 17.5 Å². The number of fused-ring (bicyclic) bond motifs is 3. The smallest absolute Gasteiger partial charge is 0.109 e. The van der Waals surface area contributed by atoms with Crippen molar-refractivity contribution in [2.75, 3.05) is 0 Å². The molecule has 0 amide bonds. The molecule has 12 rings (SSSR count). The number of thiophene rings is 1. The van der Waals surface area contributed by atoms with E-state index in [1.54, 1.807) is 23.7 Å². The number of para-hydroxylation sites is 6. The average molecular weight is 938 g/mol. The summed E-state index contributed by atoms with van der Waals surface area (Å²) in [6.45, 7) is 0. The average Bonchev–Trinajstić information content (AvgIpc) is 4.28. The number of nitrogens with zero attached hydrogens (tertiary/aromatic N) is 13. The monoisotopic (exact) mass is 937 g/mol. The summed E-state index contributed by atoms with van der Waals surface area (Å²) in [5.41, 5.74) is 15.3. The highest BCUT2D eigenvalue weighted by Crippen LogP contribution is 2.24. The van der Waals surface area contributed by atoms with Crippen LogP contribution in [0.3, 0.4) is 0 Å². The van der Waals surface area contributed by atoms with E-state index in [2.05, 4.69) is 109 Å². The Kier molecular flexibility index (Phi) is 13.8. The van der Waals surface area contributed by atoms with E-state index in [-0.39, 0.29) is 0 Å². The van der Waals surface area contributed by atoms with E-state index in [0.29, 0.717) is 0 Å². The van der Waals surface area contributed by atoms with Gasteiger partial charge < -0.3 is 13.7 Å². The fourth-order valence-electron chi connectivity index (χ4n) is 8.28. The molecule has 8 heterocycles. The van der Waals surface area contributed by atoms with Crippen LogP contribution in [0.2, 0.25) is 0 Å². The Balaban J connectivity index is 0.000000122. The van der Waals surface area contributed by atoms with Crippen molar-refractivity contribution in [1.29, 1.82) is 0 Å². The summed E-state index contributed by atoms with van der Waals surface area (Å²) in [5.74, 6) is 3.20. The highest BCUT2D eigenvalue weighted by molar-refractivity contribution is 7.08. The molecule has 3 aromatic carbocycles. The number of hydrogen-bond acceptors (Lipinski definition) is 11. The minimum absolute atomic E-state index is 0.818. The quantitative estimate of drug-likeness (QED) is 0.116. The van der Waals surface area contributed by atoms with E-state index in [1.165, 1.54) is 11.1 Å². The van der Waals surface area contributed by atoms with E-state index >= 15 is 0 Å². The van der Waals surface area contributed by atoms with Gasteiger partial charge in [0.25, 0.3) is 0 Å². The van der Waals surface area contributed by atoms with Crippen molar-refractivity contribution in [1.82, 2.24) is 63.5 Å². The van der Waals surface area contributed by atoms with Gasteiger partial charge in [0.15, 0.2) is 0 Å². The Hall–Kier alpha value is -8.36. The fraction of sp³-hybridized carbons (Fsp3) is 0.179. The predicted octanol–water partition coefficient (Wildman–Crippen LogP) is 10.6. The SMILES string of the molecule is Cn1cc(-c2ccncc2)nc1CCc1cnc2ccccc2n1.Cn1cc(-c2ccsc2)nc1CCc1cnc2ccccc2n1.Cn1cc(C2=CC=CC2)nc1CCc1cnc2ccccc2n1. The largest absolute Gasteiger partial charge is 0.337 e. The fourth-order valence-corrected chi connectivity index (χ4v) is 8.93. The molecule has 11 aromatic rings. The maximum atomic E-state index is 4.78. The standard InChI is InChI=1S/C19H17N5.C19H18N4.C18H16N4S/c1-24-13-18(14-8-10-20-11-9-14)23-19(24)7-6-15-12-21-16-4-2-3-5-17(16)22-15;1-23-13-18(14-6-2-3-7-14)22-19(23)11-10-15-12-20-16-8-4-5-9-17(16)21-15;1-22-11-17(13-8-9-23-12-13)21-18(22)7-6-14-10-19-15-4-2-3-5-16(15)20-14/h2-5,8-13H,6-7H2,1H3;2-6,8-9,12-13H,7,10-11H2,1H3;2-5,8-12H,6-7H2,1H3. The Labute approximate surface area is 410 Å². The lowest BCUT2D eigenvalue weighted by molar-refractivity contribution is 0.761. The lowest BCUT2D eigenvalue weighted by Gasteiger charge is -2.03. The van der Waals surface area contributed by atoms with Crippen molar-refractivity contribution < 1.29 is 0 Å². The Morgan fingerprint density at radius 1 is 0.457 bits per heavy atom. The topological polar surface area (TPSA) is 144 Å². The second-order valence-electron chi connectivity index (χ2n) is 17.1. The van der Waals surface area contributed by atoms with Gasteiger partial charge in [-0.15, -0.1) is 0 Å². The van der Waals surface area contributed by atoms with Crippen LogP contribution >= 0.6 is 11.3 Å². The molecule has 0 unspecified atom stereocenters. The number of imidazole rings is 3. The molecule has 0 spiro atoms. The summed E-state index contributed by atoms with van der Waals surface area (Å²) in [6, 6.07) is 29.9. The second kappa shape index (κ2) is 21.3. The van der Waals surface area contributed by atoms with Crippen molar-refractivity contribution in [3.05, 3.63) is 210 Å². The van der Waals surface area contributed by atoms with Gasteiger partial charge in [-0.05, 0) is 91.2 Å². The van der Waals surface area contributed by atoms with Crippen LogP contribution in [0.25, 0.3) is 61.2 Å². The van der Waals surface area contributed by atoms with Gasteiger partial charge in [-0.3, -0.25) is 19.9 Å². The first-order valence-corrected chi connectivity index (χ1v) is 24.3. The van der Waals surface area contributed by atoms with Gasteiger partial charge in [0, 0.05) is 106 Å². The maximum Gasteiger partial charge on any atom is 0.109 e. The molecule has 0 saturated heterocycles. The van der Waals surface area contributed by atoms with Crippen LogP contribution in [-0.2, 0) is 59.7 Å². The molecule has 0 fully saturated rings. The molecule has 70 heavy (non-hydrogen) atoms. The molecule has 0 aliphatic heterocycles. The van der Waals surface area contributed by atoms with Crippen LogP contribution in [0.4, 0.5) is 0 Å². The molecular formula is C56H51N13S. The van der Waals surface area contributed by atoms with Crippen LogP contribution < -0.4 is 0 Å². The molecule has 0 N–H and O–H groups in total. The lowest BCUT2D eigenvalue weighted by Crippen LogP contribution is -2.02. The maximum absolute atomic E-state index is 4.78. The van der Waals surface area contributed by atoms with Crippen molar-refractivity contribution in [3.63, 3.8) is 0 Å². The van der Waals surface area contributed by atoms with Crippen LogP contribution in [-0.4, -0.2) is 63.5 Å². The van der Waals surface area contributed by atoms with Gasteiger partial charge in [-0.1, -0.05) is 54.6 Å². The van der Waals surface area contributed by atoms with Gasteiger partial charge in [0.05, 0.1) is 67.3 Å². The number of aromatic nitrogens is 13. The normalized spacial score (nSPS) is 12.0. The summed E-state index contributed by atoms with van der Waals surface area (Å²) in [4.78, 5) is 45.8. The molecule has 346 valence electrons. The zero-order valence-corrected chi connectivity index (χ0v) is 40.2. The van der Waals surface area contributed by atoms with E-state index in [4.69, 9.17) is 15.0 Å². The Morgan fingerprint density at radius 2 is 0.886 bits per heavy atom. The summed E-state index contributed by atoms with van der Waals surface area (Å²) in [5, 5.41) is 4.20. The molecule has 13 nitrogen and oxygen atoms in total. The predicted molar refractivity (Wildman–Crippen MR) is 279 cm³/mol. The number of rotatable bonds is 12. The highest BCUT2D eigenvalue weighted by Gasteiger charge is 2.13. The third kappa shape index (κ3) is 11.0. The van der Waals surface area contributed by atoms with E-state index in [9.17, 15) is 0 Å². The third-order valence-corrected chi connectivity index (χ3v) is 12.8.